The molecule has 1 fully saturated rings. The predicted molar refractivity (Wildman–Crippen MR) is 141 cm³/mol. The number of nitrogens with one attached hydrogen (secondary N) is 2. The van der Waals surface area contributed by atoms with Crippen LogP contribution in [0.15, 0.2) is 60.8 Å². The van der Waals surface area contributed by atoms with Crippen LogP contribution in [0, 0.1) is 0 Å². The fourth-order valence-electron chi connectivity index (χ4n) is 4.11. The van der Waals surface area contributed by atoms with Gasteiger partial charge in [-0.2, -0.15) is 15.0 Å². The third kappa shape index (κ3) is 5.41. The first-order chi connectivity index (χ1) is 17.2. The van der Waals surface area contributed by atoms with Crippen LogP contribution in [0.25, 0.3) is 10.9 Å². The highest BCUT2D eigenvalue weighted by Gasteiger charge is 2.14. The van der Waals surface area contributed by atoms with E-state index in [1.165, 1.54) is 5.69 Å². The minimum absolute atomic E-state index is 0.484. The number of ether oxygens (including phenoxy) is 1. The van der Waals surface area contributed by atoms with E-state index in [2.05, 4.69) is 73.5 Å². The molecule has 35 heavy (non-hydrogen) atoms. The van der Waals surface area contributed by atoms with E-state index in [0.717, 1.165) is 61.7 Å². The highest BCUT2D eigenvalue weighted by atomic mass is 16.5. The summed E-state index contributed by atoms with van der Waals surface area (Å²) in [6, 6.07) is 18.3. The van der Waals surface area contributed by atoms with E-state index in [9.17, 15) is 0 Å². The Morgan fingerprint density at radius 1 is 0.857 bits per heavy atom. The van der Waals surface area contributed by atoms with Crippen molar-refractivity contribution in [2.45, 2.75) is 13.8 Å². The Hall–Kier alpha value is -3.98. The van der Waals surface area contributed by atoms with Crippen molar-refractivity contribution in [1.29, 1.82) is 0 Å². The number of benzene rings is 2. The molecule has 1 aliphatic heterocycles. The number of hydrogen-bond acceptors (Lipinski definition) is 9. The van der Waals surface area contributed by atoms with E-state index in [4.69, 9.17) is 9.72 Å². The van der Waals surface area contributed by atoms with Crippen molar-refractivity contribution >= 4 is 45.8 Å². The lowest BCUT2D eigenvalue weighted by Gasteiger charge is -2.28. The van der Waals surface area contributed by atoms with Crippen LogP contribution >= 0.6 is 0 Å². The fraction of sp³-hybridized carbons (Fsp3) is 0.308. The van der Waals surface area contributed by atoms with Crippen LogP contribution in [-0.4, -0.2) is 59.3 Å². The number of fused-ring (bicyclic) bond motifs is 1. The zero-order chi connectivity index (χ0) is 24.0. The van der Waals surface area contributed by atoms with E-state index in [-0.39, 0.29) is 0 Å². The summed E-state index contributed by atoms with van der Waals surface area (Å²) in [4.78, 5) is 22.9. The molecule has 0 aliphatic carbocycles. The summed E-state index contributed by atoms with van der Waals surface area (Å²) in [7, 11) is 0. The second-order valence-electron chi connectivity index (χ2n) is 8.26. The number of hydrogen-bond donors (Lipinski definition) is 2. The Kier molecular flexibility index (Phi) is 6.85. The van der Waals surface area contributed by atoms with Crippen LogP contribution < -0.4 is 20.4 Å². The second-order valence-corrected chi connectivity index (χ2v) is 8.26. The van der Waals surface area contributed by atoms with Gasteiger partial charge in [0.15, 0.2) is 0 Å². The van der Waals surface area contributed by atoms with E-state index in [0.29, 0.717) is 17.8 Å². The summed E-state index contributed by atoms with van der Waals surface area (Å²) in [5, 5.41) is 7.74. The first-order valence-corrected chi connectivity index (χ1v) is 12.0. The zero-order valence-corrected chi connectivity index (χ0v) is 20.1. The van der Waals surface area contributed by atoms with Gasteiger partial charge < -0.3 is 25.2 Å². The number of anilines is 6. The molecule has 180 valence electrons. The van der Waals surface area contributed by atoms with Crippen molar-refractivity contribution in [2.75, 3.05) is 59.8 Å². The van der Waals surface area contributed by atoms with E-state index in [1.807, 2.05) is 30.3 Å². The smallest absolute Gasteiger partial charge is 0.233 e. The molecule has 5 rings (SSSR count). The van der Waals surface area contributed by atoms with Crippen molar-refractivity contribution < 1.29 is 4.74 Å². The highest BCUT2D eigenvalue weighted by Crippen LogP contribution is 2.24. The van der Waals surface area contributed by atoms with Gasteiger partial charge in [-0.15, -0.1) is 0 Å². The predicted octanol–water partition coefficient (Wildman–Crippen LogP) is 4.59. The summed E-state index contributed by atoms with van der Waals surface area (Å²) in [6.07, 6.45) is 1.79. The molecule has 0 spiro atoms. The minimum Gasteiger partial charge on any atom is -0.378 e. The molecule has 1 saturated heterocycles. The molecule has 2 N–H and O–H groups in total. The summed E-state index contributed by atoms with van der Waals surface area (Å²) in [6.45, 7) is 9.14. The molecule has 0 saturated carbocycles. The second kappa shape index (κ2) is 10.5. The summed E-state index contributed by atoms with van der Waals surface area (Å²) < 4.78 is 5.46. The molecule has 0 amide bonds. The fourth-order valence-corrected chi connectivity index (χ4v) is 4.11. The van der Waals surface area contributed by atoms with E-state index in [1.54, 1.807) is 6.20 Å². The number of nitrogens with zero attached hydrogens (tertiary/aromatic N) is 6. The van der Waals surface area contributed by atoms with Crippen LogP contribution in [-0.2, 0) is 4.74 Å². The number of pyridine rings is 1. The quantitative estimate of drug-likeness (QED) is 0.384. The monoisotopic (exact) mass is 470 g/mol. The first kappa shape index (κ1) is 22.8. The molecule has 3 heterocycles. The van der Waals surface area contributed by atoms with Crippen LogP contribution in [0.5, 0.6) is 0 Å². The van der Waals surface area contributed by atoms with Gasteiger partial charge in [-0.25, -0.2) is 0 Å². The van der Waals surface area contributed by atoms with Gasteiger partial charge in [0.2, 0.25) is 17.8 Å². The Bertz CT molecular complexity index is 1270. The first-order valence-electron chi connectivity index (χ1n) is 12.0. The van der Waals surface area contributed by atoms with E-state index >= 15 is 0 Å². The summed E-state index contributed by atoms with van der Waals surface area (Å²) >= 11 is 0. The molecule has 1 aliphatic rings. The van der Waals surface area contributed by atoms with Gasteiger partial charge in [0.25, 0.3) is 0 Å². The molecule has 0 bridgehead atoms. The van der Waals surface area contributed by atoms with Crippen molar-refractivity contribution in [3.05, 3.63) is 60.8 Å². The number of aromatic nitrogens is 4. The molecule has 9 heteroatoms. The number of rotatable bonds is 8. The molecule has 0 atom stereocenters. The molecule has 2 aromatic heterocycles. The Morgan fingerprint density at radius 2 is 1.54 bits per heavy atom. The molecule has 0 radical (unpaired) electrons. The Morgan fingerprint density at radius 3 is 2.26 bits per heavy atom. The molecular formula is C26H30N8O. The lowest BCUT2D eigenvalue weighted by atomic mass is 10.2. The van der Waals surface area contributed by atoms with Crippen LogP contribution in [0.2, 0.25) is 0 Å². The van der Waals surface area contributed by atoms with Crippen LogP contribution in [0.3, 0.4) is 0 Å². The largest absolute Gasteiger partial charge is 0.378 e. The maximum Gasteiger partial charge on any atom is 0.233 e. The van der Waals surface area contributed by atoms with Crippen molar-refractivity contribution in [3.63, 3.8) is 0 Å². The average molecular weight is 471 g/mol. The average Bonchev–Trinajstić information content (AvgIpc) is 2.90. The van der Waals surface area contributed by atoms with Gasteiger partial charge >= 0.3 is 0 Å². The molecule has 2 aromatic carbocycles. The lowest BCUT2D eigenvalue weighted by Crippen LogP contribution is -2.36. The molecular weight excluding hydrogens is 440 g/mol. The van der Waals surface area contributed by atoms with Gasteiger partial charge in [-0.05, 0) is 62.4 Å². The zero-order valence-electron chi connectivity index (χ0n) is 20.1. The minimum atomic E-state index is 0.484. The van der Waals surface area contributed by atoms with Gasteiger partial charge in [-0.1, -0.05) is 6.07 Å². The number of morpholine rings is 1. The molecule has 4 aromatic rings. The highest BCUT2D eigenvalue weighted by molar-refractivity contribution is 5.82. The van der Waals surface area contributed by atoms with Crippen LogP contribution in [0.1, 0.15) is 13.8 Å². The van der Waals surface area contributed by atoms with Gasteiger partial charge in [-0.3, -0.25) is 4.98 Å². The third-order valence-electron chi connectivity index (χ3n) is 6.03. The molecule has 0 unspecified atom stereocenters. The van der Waals surface area contributed by atoms with Crippen molar-refractivity contribution in [1.82, 2.24) is 19.9 Å². The van der Waals surface area contributed by atoms with Gasteiger partial charge in [0.05, 0.1) is 18.7 Å². The maximum atomic E-state index is 5.46. The summed E-state index contributed by atoms with van der Waals surface area (Å²) in [5.41, 5.74) is 3.94. The van der Waals surface area contributed by atoms with E-state index < -0.39 is 0 Å². The summed E-state index contributed by atoms with van der Waals surface area (Å²) in [5.74, 6) is 1.60. The lowest BCUT2D eigenvalue weighted by molar-refractivity contribution is 0.122. The normalized spacial score (nSPS) is 13.6. The van der Waals surface area contributed by atoms with Gasteiger partial charge in [0.1, 0.15) is 0 Å². The SMILES string of the molecule is CCN(CC)c1nc(Nc2ccc(N3CCOCC3)cc2)nc(Nc2ccc3ncccc3c2)n1. The molecule has 9 nitrogen and oxygen atoms in total. The van der Waals surface area contributed by atoms with Crippen molar-refractivity contribution in [3.8, 4) is 0 Å². The van der Waals surface area contributed by atoms with Crippen LogP contribution in [0.4, 0.5) is 34.9 Å². The Balaban J connectivity index is 1.40. The Labute approximate surface area is 205 Å². The topological polar surface area (TPSA) is 91.3 Å². The van der Waals surface area contributed by atoms with Gasteiger partial charge in [0, 0.05) is 54.8 Å². The maximum absolute atomic E-state index is 5.46. The third-order valence-corrected chi connectivity index (χ3v) is 6.03. The van der Waals surface area contributed by atoms with Crippen molar-refractivity contribution in [2.24, 2.45) is 0 Å². The standard InChI is InChI=1S/C26H30N8O/c1-3-33(4-2)26-31-24(28-20-7-10-22(11-8-20)34-14-16-35-17-15-34)30-25(32-26)29-21-9-12-23-19(18-21)6-5-13-27-23/h5-13,18H,3-4,14-17H2,1-2H3,(H2,28,29,30,31,32).